The summed E-state index contributed by atoms with van der Waals surface area (Å²) in [6.07, 6.45) is 5.76. The zero-order valence-electron chi connectivity index (χ0n) is 10.8. The molecule has 19 heavy (non-hydrogen) atoms. The largest absolute Gasteiger partial charge is 0.482 e. The number of benzene rings is 1. The second kappa shape index (κ2) is 6.66. The third kappa shape index (κ3) is 4.31. The van der Waals surface area contributed by atoms with Gasteiger partial charge in [0.1, 0.15) is 5.75 Å². The first-order valence-corrected chi connectivity index (χ1v) is 7.00. The van der Waals surface area contributed by atoms with E-state index in [4.69, 9.17) is 22.1 Å². The van der Waals surface area contributed by atoms with E-state index < -0.39 is 0 Å². The fraction of sp³-hybridized carbons (Fsp3) is 0.500. The van der Waals surface area contributed by atoms with Crippen LogP contribution in [-0.4, -0.2) is 18.6 Å². The van der Waals surface area contributed by atoms with E-state index >= 15 is 0 Å². The molecular weight excluding hydrogens is 264 g/mol. The molecule has 0 radical (unpaired) electrons. The van der Waals surface area contributed by atoms with E-state index in [1.807, 2.05) is 0 Å². The summed E-state index contributed by atoms with van der Waals surface area (Å²) in [6.45, 7) is -0.0281. The summed E-state index contributed by atoms with van der Waals surface area (Å²) < 4.78 is 5.40. The van der Waals surface area contributed by atoms with E-state index in [0.717, 1.165) is 12.8 Å². The van der Waals surface area contributed by atoms with E-state index in [2.05, 4.69) is 5.32 Å². The Morgan fingerprint density at radius 1 is 1.37 bits per heavy atom. The van der Waals surface area contributed by atoms with Gasteiger partial charge >= 0.3 is 0 Å². The number of rotatable bonds is 4. The van der Waals surface area contributed by atoms with Crippen LogP contribution in [0, 0.1) is 0 Å². The third-order valence-corrected chi connectivity index (χ3v) is 3.60. The van der Waals surface area contributed by atoms with Crippen molar-refractivity contribution in [1.82, 2.24) is 5.32 Å². The van der Waals surface area contributed by atoms with Gasteiger partial charge in [-0.25, -0.2) is 0 Å². The number of halogens is 1. The van der Waals surface area contributed by atoms with Crippen molar-refractivity contribution in [3.05, 3.63) is 23.2 Å². The highest BCUT2D eigenvalue weighted by Gasteiger charge is 2.16. The molecule has 104 valence electrons. The van der Waals surface area contributed by atoms with Gasteiger partial charge in [0.05, 0.1) is 5.02 Å². The van der Waals surface area contributed by atoms with Crippen LogP contribution in [-0.2, 0) is 4.79 Å². The van der Waals surface area contributed by atoms with Crippen molar-refractivity contribution < 1.29 is 9.53 Å². The summed E-state index contributed by atoms with van der Waals surface area (Å²) >= 11 is 5.96. The van der Waals surface area contributed by atoms with E-state index in [0.29, 0.717) is 22.5 Å². The molecule has 0 heterocycles. The number of nitrogens with two attached hydrogens (primary N) is 1. The van der Waals surface area contributed by atoms with Gasteiger partial charge in [0.15, 0.2) is 6.61 Å². The summed E-state index contributed by atoms with van der Waals surface area (Å²) in [5, 5.41) is 3.44. The van der Waals surface area contributed by atoms with Gasteiger partial charge in [-0.3, -0.25) is 4.79 Å². The fourth-order valence-electron chi connectivity index (χ4n) is 2.29. The van der Waals surface area contributed by atoms with Crippen molar-refractivity contribution in [2.75, 3.05) is 12.3 Å². The number of nitrogens with one attached hydrogen (secondary N) is 1. The number of hydrogen-bond acceptors (Lipinski definition) is 3. The van der Waals surface area contributed by atoms with Crippen LogP contribution < -0.4 is 15.8 Å². The minimum absolute atomic E-state index is 0.0281. The normalized spacial score (nSPS) is 16.1. The highest BCUT2D eigenvalue weighted by atomic mass is 35.5. The van der Waals surface area contributed by atoms with Gasteiger partial charge < -0.3 is 15.8 Å². The number of nitrogen functional groups attached to an aromatic ring is 1. The van der Waals surface area contributed by atoms with Crippen molar-refractivity contribution >= 4 is 23.2 Å². The molecule has 1 fully saturated rings. The number of carbonyl (C=O) groups is 1. The average Bonchev–Trinajstić information content (AvgIpc) is 2.41. The average molecular weight is 283 g/mol. The van der Waals surface area contributed by atoms with Gasteiger partial charge in [0.2, 0.25) is 0 Å². The topological polar surface area (TPSA) is 64.3 Å². The van der Waals surface area contributed by atoms with Gasteiger partial charge in [0, 0.05) is 17.8 Å². The van der Waals surface area contributed by atoms with Crippen LogP contribution in [0.5, 0.6) is 5.75 Å². The monoisotopic (exact) mass is 282 g/mol. The number of carbonyl (C=O) groups excluding carboxylic acids is 1. The molecular formula is C14H19ClN2O2. The van der Waals surface area contributed by atoms with Crippen LogP contribution in [0.2, 0.25) is 5.02 Å². The zero-order chi connectivity index (χ0) is 13.7. The predicted molar refractivity (Wildman–Crippen MR) is 76.4 cm³/mol. The quantitative estimate of drug-likeness (QED) is 0.835. The highest BCUT2D eigenvalue weighted by Crippen LogP contribution is 2.26. The maximum atomic E-state index is 11.8. The highest BCUT2D eigenvalue weighted by molar-refractivity contribution is 6.32. The number of ether oxygens (including phenoxy) is 1. The molecule has 0 bridgehead atoms. The third-order valence-electron chi connectivity index (χ3n) is 3.28. The lowest BCUT2D eigenvalue weighted by atomic mass is 9.95. The van der Waals surface area contributed by atoms with Crippen LogP contribution in [0.4, 0.5) is 5.69 Å². The van der Waals surface area contributed by atoms with Crippen molar-refractivity contribution in [2.45, 2.75) is 38.1 Å². The summed E-state index contributed by atoms with van der Waals surface area (Å²) in [4.78, 5) is 11.8. The molecule has 1 aromatic carbocycles. The van der Waals surface area contributed by atoms with Crippen LogP contribution in [0.15, 0.2) is 18.2 Å². The second-order valence-electron chi connectivity index (χ2n) is 4.88. The van der Waals surface area contributed by atoms with E-state index in [1.165, 1.54) is 19.3 Å². The summed E-state index contributed by atoms with van der Waals surface area (Å²) in [7, 11) is 0. The first kappa shape index (κ1) is 14.0. The SMILES string of the molecule is Nc1ccc(Cl)c(OCC(=O)NC2CCCCC2)c1. The smallest absolute Gasteiger partial charge is 0.258 e. The molecule has 2 rings (SSSR count). The molecule has 0 atom stereocenters. The summed E-state index contributed by atoms with van der Waals surface area (Å²) in [5.74, 6) is 0.339. The van der Waals surface area contributed by atoms with Gasteiger partial charge in [-0.15, -0.1) is 0 Å². The number of anilines is 1. The van der Waals surface area contributed by atoms with Crippen LogP contribution in [0.1, 0.15) is 32.1 Å². The van der Waals surface area contributed by atoms with Gasteiger partial charge in [0.25, 0.3) is 5.91 Å². The Balaban J connectivity index is 1.81. The minimum Gasteiger partial charge on any atom is -0.482 e. The lowest BCUT2D eigenvalue weighted by Crippen LogP contribution is -2.39. The lowest BCUT2D eigenvalue weighted by molar-refractivity contribution is -0.124. The molecule has 0 aliphatic heterocycles. The van der Waals surface area contributed by atoms with Gasteiger partial charge in [-0.05, 0) is 25.0 Å². The van der Waals surface area contributed by atoms with Crippen LogP contribution in [0.3, 0.4) is 0 Å². The van der Waals surface area contributed by atoms with Crippen molar-refractivity contribution in [1.29, 1.82) is 0 Å². The van der Waals surface area contributed by atoms with Gasteiger partial charge in [-0.2, -0.15) is 0 Å². The number of amides is 1. The standard InChI is InChI=1S/C14H19ClN2O2/c15-12-7-6-10(16)8-13(12)19-9-14(18)17-11-4-2-1-3-5-11/h6-8,11H,1-5,9,16H2,(H,17,18). The van der Waals surface area contributed by atoms with E-state index in [-0.39, 0.29) is 12.5 Å². The predicted octanol–water partition coefficient (Wildman–Crippen LogP) is 2.75. The number of hydrogen-bond donors (Lipinski definition) is 2. The van der Waals surface area contributed by atoms with Crippen LogP contribution in [0.25, 0.3) is 0 Å². The molecule has 1 aromatic rings. The summed E-state index contributed by atoms with van der Waals surface area (Å²) in [5.41, 5.74) is 6.21. The Bertz CT molecular complexity index is 445. The first-order valence-electron chi connectivity index (χ1n) is 6.62. The van der Waals surface area contributed by atoms with Gasteiger partial charge in [-0.1, -0.05) is 30.9 Å². The molecule has 1 amide bonds. The molecule has 0 unspecified atom stereocenters. The Hall–Kier alpha value is -1.42. The van der Waals surface area contributed by atoms with E-state index in [9.17, 15) is 4.79 Å². The molecule has 0 aromatic heterocycles. The Morgan fingerprint density at radius 3 is 2.84 bits per heavy atom. The first-order chi connectivity index (χ1) is 9.15. The molecule has 5 heteroatoms. The fourth-order valence-corrected chi connectivity index (χ4v) is 2.46. The Kier molecular flexibility index (Phi) is 4.91. The molecule has 0 saturated heterocycles. The van der Waals surface area contributed by atoms with E-state index in [1.54, 1.807) is 18.2 Å². The molecule has 1 aliphatic rings. The molecule has 1 saturated carbocycles. The maximum absolute atomic E-state index is 11.8. The Morgan fingerprint density at radius 2 is 2.11 bits per heavy atom. The molecule has 4 nitrogen and oxygen atoms in total. The van der Waals surface area contributed by atoms with Crippen molar-refractivity contribution in [3.8, 4) is 5.75 Å². The van der Waals surface area contributed by atoms with Crippen molar-refractivity contribution in [2.24, 2.45) is 0 Å². The van der Waals surface area contributed by atoms with Crippen molar-refractivity contribution in [3.63, 3.8) is 0 Å². The molecule has 3 N–H and O–H groups in total. The molecule has 1 aliphatic carbocycles. The lowest BCUT2D eigenvalue weighted by Gasteiger charge is -2.22. The zero-order valence-corrected chi connectivity index (χ0v) is 11.6. The minimum atomic E-state index is -0.106. The Labute approximate surface area is 118 Å². The molecule has 0 spiro atoms. The second-order valence-corrected chi connectivity index (χ2v) is 5.29. The summed E-state index contributed by atoms with van der Waals surface area (Å²) in [6, 6.07) is 5.26. The maximum Gasteiger partial charge on any atom is 0.258 e. The van der Waals surface area contributed by atoms with Crippen LogP contribution >= 0.6 is 11.6 Å².